The van der Waals surface area contributed by atoms with Crippen molar-refractivity contribution in [3.05, 3.63) is 29.8 Å². The van der Waals surface area contributed by atoms with Crippen LogP contribution in [0.1, 0.15) is 38.3 Å². The quantitative estimate of drug-likeness (QED) is 0.875. The number of rotatable bonds is 6. The molecule has 4 nitrogen and oxygen atoms in total. The zero-order valence-electron chi connectivity index (χ0n) is 13.4. The average Bonchev–Trinajstić information content (AvgIpc) is 2.49. The van der Waals surface area contributed by atoms with Gasteiger partial charge in [0.05, 0.1) is 13.2 Å². The van der Waals surface area contributed by atoms with E-state index in [0.717, 1.165) is 38.3 Å². The lowest BCUT2D eigenvalue weighted by molar-refractivity contribution is 0.00116. The molecule has 1 heterocycles. The number of nitrogens with two attached hydrogens (primary N) is 1. The van der Waals surface area contributed by atoms with Crippen molar-refractivity contribution < 1.29 is 9.47 Å². The highest BCUT2D eigenvalue weighted by Crippen LogP contribution is 2.29. The summed E-state index contributed by atoms with van der Waals surface area (Å²) in [4.78, 5) is 2.48. The standard InChI is InChI=1S/C17H28N2O2/c1-4-21-15-8-10-19(11-9-15)17(13(2)18)14-6-5-7-16(12-14)20-3/h5-7,12-13,15,17H,4,8-11,18H2,1-3H3. The average molecular weight is 292 g/mol. The van der Waals surface area contributed by atoms with Gasteiger partial charge in [0.15, 0.2) is 0 Å². The minimum Gasteiger partial charge on any atom is -0.497 e. The van der Waals surface area contributed by atoms with Crippen molar-refractivity contribution >= 4 is 0 Å². The fourth-order valence-corrected chi connectivity index (χ4v) is 3.23. The summed E-state index contributed by atoms with van der Waals surface area (Å²) in [5.41, 5.74) is 7.51. The number of hydrogen-bond donors (Lipinski definition) is 1. The van der Waals surface area contributed by atoms with Crippen molar-refractivity contribution in [1.82, 2.24) is 4.90 Å². The Hall–Kier alpha value is -1.10. The van der Waals surface area contributed by atoms with E-state index in [1.165, 1.54) is 5.56 Å². The van der Waals surface area contributed by atoms with Crippen LogP contribution >= 0.6 is 0 Å². The molecule has 1 saturated heterocycles. The highest BCUT2D eigenvalue weighted by molar-refractivity contribution is 5.31. The lowest BCUT2D eigenvalue weighted by Crippen LogP contribution is -2.45. The fourth-order valence-electron chi connectivity index (χ4n) is 3.23. The molecule has 0 aliphatic carbocycles. The molecule has 0 spiro atoms. The van der Waals surface area contributed by atoms with Gasteiger partial charge in [-0.1, -0.05) is 12.1 Å². The van der Waals surface area contributed by atoms with E-state index in [0.29, 0.717) is 6.10 Å². The third-order valence-corrected chi connectivity index (χ3v) is 4.21. The first-order valence-corrected chi connectivity index (χ1v) is 7.91. The molecule has 1 aliphatic heterocycles. The van der Waals surface area contributed by atoms with Crippen LogP contribution in [0.4, 0.5) is 0 Å². The minimum atomic E-state index is 0.0840. The van der Waals surface area contributed by atoms with Gasteiger partial charge in [0.2, 0.25) is 0 Å². The second kappa shape index (κ2) is 7.78. The summed E-state index contributed by atoms with van der Waals surface area (Å²) < 4.78 is 11.1. The Kier molecular flexibility index (Phi) is 6.03. The Balaban J connectivity index is 2.09. The Bertz CT molecular complexity index is 429. The summed E-state index contributed by atoms with van der Waals surface area (Å²) in [6, 6.07) is 8.58. The number of benzene rings is 1. The van der Waals surface area contributed by atoms with Gasteiger partial charge in [-0.25, -0.2) is 0 Å². The van der Waals surface area contributed by atoms with Crippen molar-refractivity contribution in [2.45, 2.75) is 44.9 Å². The first-order valence-electron chi connectivity index (χ1n) is 7.91. The Morgan fingerprint density at radius 3 is 2.62 bits per heavy atom. The molecule has 21 heavy (non-hydrogen) atoms. The second-order valence-corrected chi connectivity index (χ2v) is 5.77. The molecule has 1 aromatic carbocycles. The van der Waals surface area contributed by atoms with Crippen LogP contribution in [0.5, 0.6) is 5.75 Å². The van der Waals surface area contributed by atoms with Crippen molar-refractivity contribution in [2.24, 2.45) is 5.73 Å². The van der Waals surface area contributed by atoms with E-state index in [-0.39, 0.29) is 12.1 Å². The van der Waals surface area contributed by atoms with Crippen LogP contribution in [0.3, 0.4) is 0 Å². The molecule has 0 aromatic heterocycles. The SMILES string of the molecule is CCOC1CCN(C(c2cccc(OC)c2)C(C)N)CC1. The number of methoxy groups -OCH3 is 1. The van der Waals surface area contributed by atoms with Crippen LogP contribution in [0.2, 0.25) is 0 Å². The van der Waals surface area contributed by atoms with E-state index >= 15 is 0 Å². The van der Waals surface area contributed by atoms with E-state index in [1.54, 1.807) is 7.11 Å². The molecule has 4 heteroatoms. The van der Waals surface area contributed by atoms with Gasteiger partial charge in [0.25, 0.3) is 0 Å². The maximum Gasteiger partial charge on any atom is 0.119 e. The smallest absolute Gasteiger partial charge is 0.119 e. The summed E-state index contributed by atoms with van der Waals surface area (Å²) in [6.07, 6.45) is 2.58. The van der Waals surface area contributed by atoms with E-state index in [4.69, 9.17) is 15.2 Å². The predicted molar refractivity (Wildman–Crippen MR) is 85.6 cm³/mol. The summed E-state index contributed by atoms with van der Waals surface area (Å²) in [5, 5.41) is 0. The topological polar surface area (TPSA) is 47.7 Å². The summed E-state index contributed by atoms with van der Waals surface area (Å²) in [5.74, 6) is 0.891. The first kappa shape index (κ1) is 16.3. The van der Waals surface area contributed by atoms with Gasteiger partial charge in [-0.2, -0.15) is 0 Å². The van der Waals surface area contributed by atoms with E-state index in [2.05, 4.69) is 30.9 Å². The molecular formula is C17H28N2O2. The third-order valence-electron chi connectivity index (χ3n) is 4.21. The number of likely N-dealkylation sites (tertiary alicyclic amines) is 1. The predicted octanol–water partition coefficient (Wildman–Crippen LogP) is 2.58. The number of hydrogen-bond acceptors (Lipinski definition) is 4. The lowest BCUT2D eigenvalue weighted by atomic mass is 9.96. The zero-order chi connectivity index (χ0) is 15.2. The largest absolute Gasteiger partial charge is 0.497 e. The maximum absolute atomic E-state index is 6.27. The number of piperidine rings is 1. The summed E-state index contributed by atoms with van der Waals surface area (Å²) in [6.45, 7) is 7.02. The van der Waals surface area contributed by atoms with Gasteiger partial charge in [0.1, 0.15) is 5.75 Å². The van der Waals surface area contributed by atoms with Crippen molar-refractivity contribution in [2.75, 3.05) is 26.8 Å². The van der Waals surface area contributed by atoms with Crippen LogP contribution in [0, 0.1) is 0 Å². The van der Waals surface area contributed by atoms with Gasteiger partial charge in [-0.15, -0.1) is 0 Å². The molecule has 0 amide bonds. The molecule has 0 bridgehead atoms. The van der Waals surface area contributed by atoms with Gasteiger partial charge in [-0.05, 0) is 44.4 Å². The van der Waals surface area contributed by atoms with Crippen LogP contribution in [-0.2, 0) is 4.74 Å². The zero-order valence-corrected chi connectivity index (χ0v) is 13.4. The fraction of sp³-hybridized carbons (Fsp3) is 0.647. The second-order valence-electron chi connectivity index (χ2n) is 5.77. The molecule has 1 aromatic rings. The molecule has 1 aliphatic rings. The van der Waals surface area contributed by atoms with Crippen LogP contribution < -0.4 is 10.5 Å². The van der Waals surface area contributed by atoms with E-state index < -0.39 is 0 Å². The monoisotopic (exact) mass is 292 g/mol. The number of nitrogens with zero attached hydrogens (tertiary/aromatic N) is 1. The van der Waals surface area contributed by atoms with Gasteiger partial charge >= 0.3 is 0 Å². The molecule has 2 rings (SSSR count). The molecule has 0 radical (unpaired) electrons. The van der Waals surface area contributed by atoms with Crippen LogP contribution in [0.15, 0.2) is 24.3 Å². The third kappa shape index (κ3) is 4.19. The summed E-state index contributed by atoms with van der Waals surface area (Å²) in [7, 11) is 1.70. The van der Waals surface area contributed by atoms with Crippen molar-refractivity contribution in [1.29, 1.82) is 0 Å². The Morgan fingerprint density at radius 1 is 1.33 bits per heavy atom. The van der Waals surface area contributed by atoms with Gasteiger partial charge < -0.3 is 15.2 Å². The van der Waals surface area contributed by atoms with Crippen LogP contribution in [0.25, 0.3) is 0 Å². The maximum atomic E-state index is 6.27. The minimum absolute atomic E-state index is 0.0840. The van der Waals surface area contributed by atoms with Gasteiger partial charge in [-0.3, -0.25) is 4.90 Å². The molecule has 2 atom stereocenters. The molecule has 2 unspecified atom stereocenters. The Labute approximate surface area is 128 Å². The molecule has 118 valence electrons. The highest BCUT2D eigenvalue weighted by atomic mass is 16.5. The highest BCUT2D eigenvalue weighted by Gasteiger charge is 2.28. The van der Waals surface area contributed by atoms with Crippen molar-refractivity contribution in [3.63, 3.8) is 0 Å². The first-order chi connectivity index (χ1) is 10.2. The molecular weight excluding hydrogens is 264 g/mol. The number of ether oxygens (including phenoxy) is 2. The van der Waals surface area contributed by atoms with E-state index in [1.807, 2.05) is 12.1 Å². The van der Waals surface area contributed by atoms with Crippen molar-refractivity contribution in [3.8, 4) is 5.75 Å². The molecule has 2 N–H and O–H groups in total. The normalized spacial score (nSPS) is 20.2. The van der Waals surface area contributed by atoms with Gasteiger partial charge in [0, 0.05) is 31.8 Å². The van der Waals surface area contributed by atoms with E-state index in [9.17, 15) is 0 Å². The molecule has 0 saturated carbocycles. The van der Waals surface area contributed by atoms with Crippen LogP contribution in [-0.4, -0.2) is 43.9 Å². The lowest BCUT2D eigenvalue weighted by Gasteiger charge is -2.39. The molecule has 1 fully saturated rings. The summed E-state index contributed by atoms with van der Waals surface area (Å²) >= 11 is 0. The Morgan fingerprint density at radius 2 is 2.05 bits per heavy atom.